The number of amides is 3. The fourth-order valence-electron chi connectivity index (χ4n) is 3.17. The van der Waals surface area contributed by atoms with Crippen molar-refractivity contribution < 1.29 is 24.3 Å². The van der Waals surface area contributed by atoms with Crippen molar-refractivity contribution in [2.24, 2.45) is 34.0 Å². The first-order valence-corrected chi connectivity index (χ1v) is 13.1. The fraction of sp³-hybridized carbons (Fsp3) is 0.773. The van der Waals surface area contributed by atoms with Gasteiger partial charge in [-0.2, -0.15) is 11.8 Å². The number of thioether (sulfide) groups is 1. The Hall–Kier alpha value is -2.54. The number of aliphatic carboxylic acids is 1. The third-order valence-electron chi connectivity index (χ3n) is 5.12. The molecule has 0 spiro atoms. The van der Waals surface area contributed by atoms with Crippen LogP contribution in [0.2, 0.25) is 0 Å². The number of carboxylic acids is 1. The number of nitrogens with two attached hydrogens (primary N) is 3. The van der Waals surface area contributed by atoms with Gasteiger partial charge in [0.1, 0.15) is 18.1 Å². The van der Waals surface area contributed by atoms with E-state index in [0.29, 0.717) is 18.6 Å². The van der Waals surface area contributed by atoms with Crippen LogP contribution in [0.5, 0.6) is 0 Å². The first kappa shape index (κ1) is 32.5. The van der Waals surface area contributed by atoms with Gasteiger partial charge in [-0.1, -0.05) is 27.7 Å². The summed E-state index contributed by atoms with van der Waals surface area (Å²) in [6.07, 6.45) is 3.11. The summed E-state index contributed by atoms with van der Waals surface area (Å²) >= 11 is 1.57. The lowest BCUT2D eigenvalue weighted by molar-refractivity contribution is -0.142. The third-order valence-corrected chi connectivity index (χ3v) is 5.76. The van der Waals surface area contributed by atoms with E-state index in [1.54, 1.807) is 25.6 Å². The second-order valence-corrected chi connectivity index (χ2v) is 10.1. The number of nitrogens with zero attached hydrogens (tertiary/aromatic N) is 1. The average Bonchev–Trinajstić information content (AvgIpc) is 2.75. The third kappa shape index (κ3) is 13.8. The number of aliphatic imine (C=N–C) groups is 1. The Morgan fingerprint density at radius 2 is 1.51 bits per heavy atom. The highest BCUT2D eigenvalue weighted by Crippen LogP contribution is 2.10. The molecule has 3 amide bonds. The molecule has 0 aliphatic rings. The molecule has 35 heavy (non-hydrogen) atoms. The summed E-state index contributed by atoms with van der Waals surface area (Å²) in [4.78, 5) is 53.9. The van der Waals surface area contributed by atoms with Crippen LogP contribution in [-0.2, 0) is 19.2 Å². The summed E-state index contributed by atoms with van der Waals surface area (Å²) in [6, 6.07) is -3.80. The van der Waals surface area contributed by atoms with Gasteiger partial charge in [0, 0.05) is 6.54 Å². The highest BCUT2D eigenvalue weighted by molar-refractivity contribution is 7.98. The van der Waals surface area contributed by atoms with Gasteiger partial charge in [0.15, 0.2) is 5.96 Å². The summed E-state index contributed by atoms with van der Waals surface area (Å²) < 4.78 is 0. The zero-order chi connectivity index (χ0) is 27.1. The number of carboxylic acid groups (broad SMARTS) is 1. The van der Waals surface area contributed by atoms with Crippen molar-refractivity contribution in [2.75, 3.05) is 18.6 Å². The van der Waals surface area contributed by atoms with Crippen LogP contribution >= 0.6 is 11.8 Å². The van der Waals surface area contributed by atoms with Gasteiger partial charge in [0.05, 0.1) is 6.04 Å². The Labute approximate surface area is 212 Å². The highest BCUT2D eigenvalue weighted by Gasteiger charge is 2.31. The molecule has 0 aliphatic heterocycles. The summed E-state index contributed by atoms with van der Waals surface area (Å²) in [5, 5.41) is 17.4. The first-order valence-electron chi connectivity index (χ1n) is 11.7. The Balaban J connectivity index is 5.35. The van der Waals surface area contributed by atoms with Crippen LogP contribution < -0.4 is 33.2 Å². The number of hydrogen-bond acceptors (Lipinski definition) is 7. The van der Waals surface area contributed by atoms with Crippen molar-refractivity contribution in [3.05, 3.63) is 0 Å². The van der Waals surface area contributed by atoms with Crippen molar-refractivity contribution in [2.45, 2.75) is 77.5 Å². The van der Waals surface area contributed by atoms with E-state index in [4.69, 9.17) is 17.2 Å². The minimum atomic E-state index is -1.20. The molecule has 0 heterocycles. The Morgan fingerprint density at radius 3 is 2.00 bits per heavy atom. The number of carbonyl (C=O) groups is 4. The van der Waals surface area contributed by atoms with E-state index < -0.39 is 47.9 Å². The average molecular weight is 518 g/mol. The van der Waals surface area contributed by atoms with Crippen molar-refractivity contribution in [1.29, 1.82) is 0 Å². The molecule has 0 bridgehead atoms. The minimum absolute atomic E-state index is 0.0308. The molecule has 0 aromatic carbocycles. The lowest BCUT2D eigenvalue weighted by Gasteiger charge is -2.27. The van der Waals surface area contributed by atoms with Crippen LogP contribution in [-0.4, -0.2) is 77.5 Å². The van der Waals surface area contributed by atoms with E-state index >= 15 is 0 Å². The van der Waals surface area contributed by atoms with Crippen LogP contribution in [0.4, 0.5) is 0 Å². The van der Waals surface area contributed by atoms with Crippen molar-refractivity contribution in [3.63, 3.8) is 0 Å². The fourth-order valence-corrected chi connectivity index (χ4v) is 3.66. The van der Waals surface area contributed by atoms with E-state index in [9.17, 15) is 24.3 Å². The molecule has 0 radical (unpaired) electrons. The van der Waals surface area contributed by atoms with Gasteiger partial charge in [-0.3, -0.25) is 19.4 Å². The van der Waals surface area contributed by atoms with Crippen LogP contribution in [0.25, 0.3) is 0 Å². The maximum absolute atomic E-state index is 13.0. The van der Waals surface area contributed by atoms with E-state index in [1.807, 2.05) is 20.1 Å². The summed E-state index contributed by atoms with van der Waals surface area (Å²) in [7, 11) is 0. The standard InChI is InChI=1S/C22H43N7O5S/c1-12(2)11-16(19(31)27-15(21(33)34)7-6-9-26-22(24)25)28-20(32)17(13(3)4)29-18(30)14(23)8-10-35-5/h12-17H,6-11,23H2,1-5H3,(H,27,31)(H,28,32)(H,29,30)(H,33,34)(H4,24,25,26). The number of nitrogens with one attached hydrogen (secondary N) is 3. The van der Waals surface area contributed by atoms with Crippen LogP contribution in [0.1, 0.15) is 53.4 Å². The molecule has 0 saturated carbocycles. The van der Waals surface area contributed by atoms with Gasteiger partial charge in [0.2, 0.25) is 17.7 Å². The van der Waals surface area contributed by atoms with Crippen molar-refractivity contribution >= 4 is 41.4 Å². The van der Waals surface area contributed by atoms with Gasteiger partial charge in [-0.05, 0) is 49.5 Å². The zero-order valence-electron chi connectivity index (χ0n) is 21.4. The number of rotatable bonds is 17. The van der Waals surface area contributed by atoms with E-state index in [-0.39, 0.29) is 37.2 Å². The lowest BCUT2D eigenvalue weighted by Crippen LogP contribution is -2.58. The maximum Gasteiger partial charge on any atom is 0.326 e. The van der Waals surface area contributed by atoms with Gasteiger partial charge >= 0.3 is 5.97 Å². The quantitative estimate of drug-likeness (QED) is 0.0740. The summed E-state index contributed by atoms with van der Waals surface area (Å²) in [6.45, 7) is 7.52. The number of guanidine groups is 1. The van der Waals surface area contributed by atoms with Gasteiger partial charge in [0.25, 0.3) is 0 Å². The minimum Gasteiger partial charge on any atom is -0.480 e. The van der Waals surface area contributed by atoms with Gasteiger partial charge in [-0.25, -0.2) is 4.79 Å². The zero-order valence-corrected chi connectivity index (χ0v) is 22.2. The topological polar surface area (TPSA) is 215 Å². The Morgan fingerprint density at radius 1 is 0.914 bits per heavy atom. The molecule has 202 valence electrons. The monoisotopic (exact) mass is 517 g/mol. The molecule has 10 N–H and O–H groups in total. The first-order chi connectivity index (χ1) is 16.3. The number of carbonyl (C=O) groups excluding carboxylic acids is 3. The summed E-state index contributed by atoms with van der Waals surface area (Å²) in [5.41, 5.74) is 16.4. The molecule has 0 aliphatic carbocycles. The van der Waals surface area contributed by atoms with Gasteiger partial charge in [-0.15, -0.1) is 0 Å². The predicted octanol–water partition coefficient (Wildman–Crippen LogP) is -0.638. The molecule has 0 fully saturated rings. The van der Waals surface area contributed by atoms with Gasteiger partial charge < -0.3 is 38.3 Å². The molecule has 0 rings (SSSR count). The van der Waals surface area contributed by atoms with Crippen molar-refractivity contribution in [3.8, 4) is 0 Å². The second kappa shape index (κ2) is 17.0. The highest BCUT2D eigenvalue weighted by atomic mass is 32.2. The van der Waals surface area contributed by atoms with E-state index in [0.717, 1.165) is 0 Å². The number of hydrogen-bond donors (Lipinski definition) is 7. The molecule has 12 nitrogen and oxygen atoms in total. The molecule has 13 heteroatoms. The molecule has 0 saturated heterocycles. The Bertz CT molecular complexity index is 729. The van der Waals surface area contributed by atoms with Crippen LogP contribution in [0.15, 0.2) is 4.99 Å². The van der Waals surface area contributed by atoms with Crippen LogP contribution in [0, 0.1) is 11.8 Å². The van der Waals surface area contributed by atoms with Crippen molar-refractivity contribution in [1.82, 2.24) is 16.0 Å². The largest absolute Gasteiger partial charge is 0.480 e. The predicted molar refractivity (Wildman–Crippen MR) is 139 cm³/mol. The van der Waals surface area contributed by atoms with E-state index in [2.05, 4.69) is 20.9 Å². The summed E-state index contributed by atoms with van der Waals surface area (Å²) in [5.74, 6) is -2.43. The lowest BCUT2D eigenvalue weighted by atomic mass is 9.99. The molecule has 0 aromatic rings. The Kier molecular flexibility index (Phi) is 15.7. The maximum atomic E-state index is 13.0. The van der Waals surface area contributed by atoms with Crippen LogP contribution in [0.3, 0.4) is 0 Å². The SMILES string of the molecule is CSCCC(N)C(=O)NC(C(=O)NC(CC(C)C)C(=O)NC(CCCN=C(N)N)C(=O)O)C(C)C. The molecule has 0 aromatic heterocycles. The smallest absolute Gasteiger partial charge is 0.326 e. The molecule has 4 unspecified atom stereocenters. The second-order valence-electron chi connectivity index (χ2n) is 9.16. The molecule has 4 atom stereocenters. The molecular weight excluding hydrogens is 474 g/mol. The molecular formula is C22H43N7O5S. The van der Waals surface area contributed by atoms with E-state index in [1.165, 1.54) is 0 Å². The normalized spacial score (nSPS) is 14.5.